The Morgan fingerprint density at radius 2 is 2.06 bits per heavy atom. The minimum Gasteiger partial charge on any atom is -0.383 e. The van der Waals surface area contributed by atoms with Crippen molar-refractivity contribution in [2.24, 2.45) is 0 Å². The fraction of sp³-hybridized carbons (Fsp3) is 0.500. The molecule has 0 bridgehead atoms. The van der Waals surface area contributed by atoms with Crippen molar-refractivity contribution in [3.8, 4) is 0 Å². The molecule has 0 fully saturated rings. The highest BCUT2D eigenvalue weighted by Gasteiger charge is 2.08. The van der Waals surface area contributed by atoms with Gasteiger partial charge in [0.2, 0.25) is 0 Å². The van der Waals surface area contributed by atoms with Crippen molar-refractivity contribution in [3.05, 3.63) is 28.5 Å². The lowest BCUT2D eigenvalue weighted by atomic mass is 10.2. The molecule has 0 saturated carbocycles. The normalized spacial score (nSPS) is 11.6. The summed E-state index contributed by atoms with van der Waals surface area (Å²) in [5.41, 5.74) is 0.760. The predicted molar refractivity (Wildman–Crippen MR) is 68.3 cm³/mol. The minimum absolute atomic E-state index is 0.120. The standard InChI is InChI=1S/C12H17BrFNO/c1-12(2,3)16-7-6-15-9-4-5-11(14)10(13)8-9/h4-5,8,15H,6-7H2,1-3H3. The number of nitrogens with one attached hydrogen (secondary N) is 1. The van der Waals surface area contributed by atoms with Gasteiger partial charge in [-0.3, -0.25) is 0 Å². The first-order chi connectivity index (χ1) is 7.38. The van der Waals surface area contributed by atoms with Crippen LogP contribution < -0.4 is 5.32 Å². The van der Waals surface area contributed by atoms with E-state index in [2.05, 4.69) is 21.2 Å². The summed E-state index contributed by atoms with van der Waals surface area (Å²) in [6.07, 6.45) is 0. The van der Waals surface area contributed by atoms with Crippen LogP contribution >= 0.6 is 15.9 Å². The van der Waals surface area contributed by atoms with Crippen molar-refractivity contribution >= 4 is 21.6 Å². The molecule has 0 aromatic heterocycles. The zero-order chi connectivity index (χ0) is 12.2. The Bertz CT molecular complexity index is 349. The van der Waals surface area contributed by atoms with E-state index >= 15 is 0 Å². The molecule has 0 saturated heterocycles. The second-order valence-corrected chi connectivity index (χ2v) is 5.37. The molecule has 0 unspecified atom stereocenters. The van der Waals surface area contributed by atoms with Gasteiger partial charge in [0, 0.05) is 12.2 Å². The molecule has 0 amide bonds. The van der Waals surface area contributed by atoms with Crippen LogP contribution in [0.5, 0.6) is 0 Å². The second kappa shape index (κ2) is 5.64. The van der Waals surface area contributed by atoms with Crippen LogP contribution in [0, 0.1) is 5.82 Å². The average molecular weight is 290 g/mol. The SMILES string of the molecule is CC(C)(C)OCCNc1ccc(F)c(Br)c1. The summed E-state index contributed by atoms with van der Waals surface area (Å²) in [7, 11) is 0. The van der Waals surface area contributed by atoms with Crippen LogP contribution in [-0.2, 0) is 4.74 Å². The molecule has 1 N–H and O–H groups in total. The first-order valence-corrected chi connectivity index (χ1v) is 6.01. The van der Waals surface area contributed by atoms with E-state index in [1.165, 1.54) is 6.07 Å². The summed E-state index contributed by atoms with van der Waals surface area (Å²) < 4.78 is 19.0. The number of benzene rings is 1. The van der Waals surface area contributed by atoms with E-state index in [4.69, 9.17) is 4.74 Å². The van der Waals surface area contributed by atoms with Crippen molar-refractivity contribution in [1.29, 1.82) is 0 Å². The van der Waals surface area contributed by atoms with Gasteiger partial charge < -0.3 is 10.1 Å². The number of hydrogen-bond acceptors (Lipinski definition) is 2. The molecule has 1 aromatic carbocycles. The molecular weight excluding hydrogens is 273 g/mol. The lowest BCUT2D eigenvalue weighted by molar-refractivity contribution is 0.00333. The molecule has 0 spiro atoms. The van der Waals surface area contributed by atoms with Crippen LogP contribution in [0.1, 0.15) is 20.8 Å². The van der Waals surface area contributed by atoms with E-state index in [0.717, 1.165) is 5.69 Å². The maximum Gasteiger partial charge on any atom is 0.137 e. The fourth-order valence-corrected chi connectivity index (χ4v) is 1.54. The van der Waals surface area contributed by atoms with Crippen LogP contribution in [0.25, 0.3) is 0 Å². The lowest BCUT2D eigenvalue weighted by Crippen LogP contribution is -2.23. The van der Waals surface area contributed by atoms with E-state index < -0.39 is 0 Å². The molecule has 16 heavy (non-hydrogen) atoms. The Labute approximate surface area is 104 Å². The maximum absolute atomic E-state index is 12.9. The molecule has 1 aromatic rings. The molecule has 0 radical (unpaired) electrons. The molecule has 0 heterocycles. The van der Waals surface area contributed by atoms with Crippen LogP contribution in [-0.4, -0.2) is 18.8 Å². The maximum atomic E-state index is 12.9. The predicted octanol–water partition coefficient (Wildman–Crippen LogP) is 3.82. The quantitative estimate of drug-likeness (QED) is 0.851. The third-order valence-electron chi connectivity index (χ3n) is 1.89. The third kappa shape index (κ3) is 4.94. The molecule has 0 aliphatic carbocycles. The minimum atomic E-state index is -0.253. The van der Waals surface area contributed by atoms with Crippen LogP contribution in [0.15, 0.2) is 22.7 Å². The van der Waals surface area contributed by atoms with Crippen LogP contribution in [0.4, 0.5) is 10.1 Å². The topological polar surface area (TPSA) is 21.3 Å². The van der Waals surface area contributed by atoms with Crippen molar-refractivity contribution < 1.29 is 9.13 Å². The average Bonchev–Trinajstić information content (AvgIpc) is 2.17. The van der Waals surface area contributed by atoms with Gasteiger partial charge in [-0.25, -0.2) is 4.39 Å². The van der Waals surface area contributed by atoms with Gasteiger partial charge in [-0.15, -0.1) is 0 Å². The molecule has 90 valence electrons. The van der Waals surface area contributed by atoms with E-state index in [-0.39, 0.29) is 11.4 Å². The Hall–Kier alpha value is -0.610. The Balaban J connectivity index is 2.35. The second-order valence-electron chi connectivity index (χ2n) is 4.52. The highest BCUT2D eigenvalue weighted by atomic mass is 79.9. The molecule has 0 aliphatic heterocycles. The van der Waals surface area contributed by atoms with Crippen LogP contribution in [0.3, 0.4) is 0 Å². The summed E-state index contributed by atoms with van der Waals surface area (Å²) in [5.74, 6) is -0.253. The van der Waals surface area contributed by atoms with E-state index in [1.807, 2.05) is 20.8 Å². The molecule has 0 aliphatic rings. The van der Waals surface area contributed by atoms with Gasteiger partial charge in [-0.2, -0.15) is 0 Å². The van der Waals surface area contributed by atoms with Crippen molar-refractivity contribution in [2.45, 2.75) is 26.4 Å². The number of halogens is 2. The Morgan fingerprint density at radius 1 is 1.38 bits per heavy atom. The number of hydrogen-bond donors (Lipinski definition) is 1. The van der Waals surface area contributed by atoms with Crippen molar-refractivity contribution in [2.75, 3.05) is 18.5 Å². The number of rotatable bonds is 4. The number of anilines is 1. The van der Waals surface area contributed by atoms with Crippen molar-refractivity contribution in [1.82, 2.24) is 0 Å². The zero-order valence-corrected chi connectivity index (χ0v) is 11.4. The monoisotopic (exact) mass is 289 g/mol. The van der Waals surface area contributed by atoms with Gasteiger partial charge in [0.25, 0.3) is 0 Å². The summed E-state index contributed by atoms with van der Waals surface area (Å²) in [4.78, 5) is 0. The Morgan fingerprint density at radius 3 is 2.62 bits per heavy atom. The highest BCUT2D eigenvalue weighted by molar-refractivity contribution is 9.10. The van der Waals surface area contributed by atoms with E-state index in [1.54, 1.807) is 12.1 Å². The molecular formula is C12H17BrFNO. The third-order valence-corrected chi connectivity index (χ3v) is 2.49. The Kier molecular flexibility index (Phi) is 4.74. The molecule has 0 atom stereocenters. The molecule has 1 rings (SSSR count). The summed E-state index contributed by atoms with van der Waals surface area (Å²) in [6.45, 7) is 7.37. The lowest BCUT2D eigenvalue weighted by Gasteiger charge is -2.19. The number of ether oxygens (including phenoxy) is 1. The van der Waals surface area contributed by atoms with Gasteiger partial charge in [0.1, 0.15) is 5.82 Å². The largest absolute Gasteiger partial charge is 0.383 e. The summed E-state index contributed by atoms with van der Waals surface area (Å²) in [6, 6.07) is 4.85. The van der Waals surface area contributed by atoms with E-state index in [0.29, 0.717) is 17.6 Å². The summed E-state index contributed by atoms with van der Waals surface area (Å²) >= 11 is 3.14. The smallest absolute Gasteiger partial charge is 0.137 e. The van der Waals surface area contributed by atoms with Gasteiger partial charge in [0.05, 0.1) is 16.7 Å². The molecule has 2 nitrogen and oxygen atoms in total. The van der Waals surface area contributed by atoms with Crippen LogP contribution in [0.2, 0.25) is 0 Å². The highest BCUT2D eigenvalue weighted by Crippen LogP contribution is 2.19. The van der Waals surface area contributed by atoms with Gasteiger partial charge >= 0.3 is 0 Å². The first-order valence-electron chi connectivity index (χ1n) is 5.21. The van der Waals surface area contributed by atoms with E-state index in [9.17, 15) is 4.39 Å². The molecule has 4 heteroatoms. The van der Waals surface area contributed by atoms with Gasteiger partial charge in [-0.1, -0.05) is 0 Å². The summed E-state index contributed by atoms with van der Waals surface area (Å²) in [5, 5.41) is 3.16. The van der Waals surface area contributed by atoms with Crippen molar-refractivity contribution in [3.63, 3.8) is 0 Å². The van der Waals surface area contributed by atoms with Gasteiger partial charge in [-0.05, 0) is 54.9 Å². The fourth-order valence-electron chi connectivity index (χ4n) is 1.16. The first kappa shape index (κ1) is 13.5. The van der Waals surface area contributed by atoms with Gasteiger partial charge in [0.15, 0.2) is 0 Å². The zero-order valence-electron chi connectivity index (χ0n) is 9.81.